The minimum absolute atomic E-state index is 0.0576. The van der Waals surface area contributed by atoms with Crippen LogP contribution in [0.5, 0.6) is 0 Å². The number of nitrogens with two attached hydrogens (primary N) is 1. The second kappa shape index (κ2) is 6.96. The third-order valence-corrected chi connectivity index (χ3v) is 3.01. The molecule has 0 fully saturated rings. The van der Waals surface area contributed by atoms with Gasteiger partial charge in [0, 0.05) is 11.3 Å². The predicted molar refractivity (Wildman–Crippen MR) is 70.3 cm³/mol. The molecule has 3 N–H and O–H groups in total. The summed E-state index contributed by atoms with van der Waals surface area (Å²) in [6.07, 6.45) is 0. The van der Waals surface area contributed by atoms with Gasteiger partial charge in [0.2, 0.25) is 0 Å². The van der Waals surface area contributed by atoms with Crippen LogP contribution in [0.3, 0.4) is 0 Å². The molecule has 0 unspecified atom stereocenters. The molecular weight excluding hydrogens is 236 g/mol. The minimum atomic E-state index is -0.194. The van der Waals surface area contributed by atoms with Gasteiger partial charge in [0.15, 0.2) is 0 Å². The Morgan fingerprint density at radius 2 is 2.29 bits per heavy atom. The molecular formula is C12H16N2O2S. The van der Waals surface area contributed by atoms with Crippen molar-refractivity contribution in [1.29, 1.82) is 5.41 Å². The van der Waals surface area contributed by atoms with E-state index in [9.17, 15) is 4.79 Å². The maximum absolute atomic E-state index is 11.1. The number of benzene rings is 1. The van der Waals surface area contributed by atoms with Crippen molar-refractivity contribution in [3.05, 3.63) is 35.4 Å². The summed E-state index contributed by atoms with van der Waals surface area (Å²) in [5.41, 5.74) is 7.16. The van der Waals surface area contributed by atoms with Crippen molar-refractivity contribution in [2.24, 2.45) is 5.73 Å². The topological polar surface area (TPSA) is 76.2 Å². The molecule has 92 valence electrons. The average molecular weight is 252 g/mol. The van der Waals surface area contributed by atoms with Crippen molar-refractivity contribution in [3.8, 4) is 0 Å². The lowest BCUT2D eigenvalue weighted by molar-refractivity contribution is -0.139. The standard InChI is InChI=1S/C12H16N2O2S/c1-2-16-11(15)8-17-7-9-4-3-5-10(6-9)12(13)14/h3-6H,2,7-8H2,1H3,(H3,13,14). The largest absolute Gasteiger partial charge is 0.465 e. The highest BCUT2D eigenvalue weighted by Gasteiger charge is 2.03. The molecule has 0 heterocycles. The fourth-order valence-corrected chi connectivity index (χ4v) is 2.05. The van der Waals surface area contributed by atoms with E-state index in [0.29, 0.717) is 23.7 Å². The fourth-order valence-electron chi connectivity index (χ4n) is 1.28. The van der Waals surface area contributed by atoms with Crippen LogP contribution in [0.15, 0.2) is 24.3 Å². The van der Waals surface area contributed by atoms with Crippen molar-refractivity contribution >= 4 is 23.6 Å². The van der Waals surface area contributed by atoms with Crippen LogP contribution in [0.1, 0.15) is 18.1 Å². The van der Waals surface area contributed by atoms with E-state index < -0.39 is 0 Å². The monoisotopic (exact) mass is 252 g/mol. The van der Waals surface area contributed by atoms with E-state index in [1.807, 2.05) is 18.2 Å². The predicted octanol–water partition coefficient (Wildman–Crippen LogP) is 1.77. The zero-order valence-corrected chi connectivity index (χ0v) is 10.5. The molecule has 1 aromatic rings. The molecule has 4 nitrogen and oxygen atoms in total. The molecule has 17 heavy (non-hydrogen) atoms. The lowest BCUT2D eigenvalue weighted by Crippen LogP contribution is -2.11. The van der Waals surface area contributed by atoms with Gasteiger partial charge in [-0.15, -0.1) is 11.8 Å². The second-order valence-corrected chi connectivity index (χ2v) is 4.40. The Hall–Kier alpha value is -1.49. The molecule has 0 aliphatic heterocycles. The SMILES string of the molecule is CCOC(=O)CSCc1cccc(C(=N)N)c1. The zero-order valence-electron chi connectivity index (χ0n) is 9.73. The zero-order chi connectivity index (χ0) is 12.7. The van der Waals surface area contributed by atoms with Crippen molar-refractivity contribution in [1.82, 2.24) is 0 Å². The van der Waals surface area contributed by atoms with Crippen molar-refractivity contribution in [2.75, 3.05) is 12.4 Å². The van der Waals surface area contributed by atoms with Gasteiger partial charge < -0.3 is 10.5 Å². The van der Waals surface area contributed by atoms with E-state index in [0.717, 1.165) is 5.56 Å². The molecule has 0 atom stereocenters. The summed E-state index contributed by atoms with van der Waals surface area (Å²) in [4.78, 5) is 11.1. The van der Waals surface area contributed by atoms with Gasteiger partial charge >= 0.3 is 5.97 Å². The van der Waals surface area contributed by atoms with Crippen LogP contribution in [0.25, 0.3) is 0 Å². The van der Waals surface area contributed by atoms with Gasteiger partial charge in [0.1, 0.15) is 5.84 Å². The molecule has 0 saturated carbocycles. The first-order valence-corrected chi connectivity index (χ1v) is 6.45. The first-order valence-electron chi connectivity index (χ1n) is 5.30. The van der Waals surface area contributed by atoms with Gasteiger partial charge in [-0.3, -0.25) is 10.2 Å². The summed E-state index contributed by atoms with van der Waals surface area (Å²) in [5.74, 6) is 0.917. The summed E-state index contributed by atoms with van der Waals surface area (Å²) < 4.78 is 4.83. The lowest BCUT2D eigenvalue weighted by atomic mass is 10.1. The molecule has 0 bridgehead atoms. The average Bonchev–Trinajstić information content (AvgIpc) is 2.30. The third-order valence-electron chi connectivity index (χ3n) is 2.03. The Morgan fingerprint density at radius 1 is 1.53 bits per heavy atom. The van der Waals surface area contributed by atoms with Gasteiger partial charge in [-0.05, 0) is 18.6 Å². The number of nitrogens with one attached hydrogen (secondary N) is 1. The highest BCUT2D eigenvalue weighted by atomic mass is 32.2. The summed E-state index contributed by atoms with van der Waals surface area (Å²) in [6, 6.07) is 7.46. The molecule has 5 heteroatoms. The number of ether oxygens (including phenoxy) is 1. The van der Waals surface area contributed by atoms with Crippen LogP contribution < -0.4 is 5.73 Å². The van der Waals surface area contributed by atoms with Crippen LogP contribution in [-0.2, 0) is 15.3 Å². The Bertz CT molecular complexity index is 407. The van der Waals surface area contributed by atoms with E-state index in [1.54, 1.807) is 13.0 Å². The van der Waals surface area contributed by atoms with E-state index in [1.165, 1.54) is 11.8 Å². The molecule has 1 aromatic carbocycles. The van der Waals surface area contributed by atoms with E-state index >= 15 is 0 Å². The third kappa shape index (κ3) is 4.91. The van der Waals surface area contributed by atoms with E-state index in [-0.39, 0.29) is 11.8 Å². The van der Waals surface area contributed by atoms with Crippen LogP contribution >= 0.6 is 11.8 Å². The summed E-state index contributed by atoms with van der Waals surface area (Å²) in [7, 11) is 0. The minimum Gasteiger partial charge on any atom is -0.465 e. The van der Waals surface area contributed by atoms with Crippen molar-refractivity contribution < 1.29 is 9.53 Å². The summed E-state index contributed by atoms with van der Waals surface area (Å²) in [5, 5.41) is 7.33. The van der Waals surface area contributed by atoms with Gasteiger partial charge in [-0.25, -0.2) is 0 Å². The number of carbonyl (C=O) groups excluding carboxylic acids is 1. The molecule has 0 spiro atoms. The van der Waals surface area contributed by atoms with Gasteiger partial charge in [0.05, 0.1) is 12.4 Å². The molecule has 0 aromatic heterocycles. The maximum Gasteiger partial charge on any atom is 0.315 e. The smallest absolute Gasteiger partial charge is 0.315 e. The number of esters is 1. The number of amidine groups is 1. The highest BCUT2D eigenvalue weighted by Crippen LogP contribution is 2.13. The van der Waals surface area contributed by atoms with Crippen LogP contribution in [-0.4, -0.2) is 24.2 Å². The Labute approximate surface area is 105 Å². The van der Waals surface area contributed by atoms with Crippen LogP contribution in [0, 0.1) is 5.41 Å². The van der Waals surface area contributed by atoms with Crippen molar-refractivity contribution in [3.63, 3.8) is 0 Å². The summed E-state index contributed by atoms with van der Waals surface area (Å²) in [6.45, 7) is 2.21. The van der Waals surface area contributed by atoms with Gasteiger partial charge in [0.25, 0.3) is 0 Å². The van der Waals surface area contributed by atoms with Crippen molar-refractivity contribution in [2.45, 2.75) is 12.7 Å². The first-order chi connectivity index (χ1) is 8.13. The van der Waals surface area contributed by atoms with Gasteiger partial charge in [-0.2, -0.15) is 0 Å². The normalized spacial score (nSPS) is 9.94. The van der Waals surface area contributed by atoms with Crippen LogP contribution in [0.2, 0.25) is 0 Å². The van der Waals surface area contributed by atoms with Gasteiger partial charge in [-0.1, -0.05) is 18.2 Å². The number of hydrogen-bond donors (Lipinski definition) is 2. The molecule has 0 aliphatic carbocycles. The summed E-state index contributed by atoms with van der Waals surface area (Å²) >= 11 is 1.49. The Balaban J connectivity index is 2.44. The number of nitrogen functional groups attached to an aromatic ring is 1. The maximum atomic E-state index is 11.1. The second-order valence-electron chi connectivity index (χ2n) is 3.41. The first kappa shape index (κ1) is 13.6. The van der Waals surface area contributed by atoms with E-state index in [2.05, 4.69) is 0 Å². The number of hydrogen-bond acceptors (Lipinski definition) is 4. The highest BCUT2D eigenvalue weighted by molar-refractivity contribution is 7.99. The molecule has 1 rings (SSSR count). The Kier molecular flexibility index (Phi) is 5.56. The molecule has 0 saturated heterocycles. The Morgan fingerprint density at radius 3 is 2.94 bits per heavy atom. The van der Waals surface area contributed by atoms with Crippen LogP contribution in [0.4, 0.5) is 0 Å². The molecule has 0 aliphatic rings. The fraction of sp³-hybridized carbons (Fsp3) is 0.333. The number of thioether (sulfide) groups is 1. The molecule has 0 amide bonds. The molecule has 0 radical (unpaired) electrons. The van der Waals surface area contributed by atoms with E-state index in [4.69, 9.17) is 15.9 Å². The lowest BCUT2D eigenvalue weighted by Gasteiger charge is -2.04. The number of carbonyl (C=O) groups is 1. The quantitative estimate of drug-likeness (QED) is 0.459. The number of rotatable bonds is 6.